The van der Waals surface area contributed by atoms with E-state index in [1.165, 1.54) is 0 Å². The molecule has 1 aromatic heterocycles. The Morgan fingerprint density at radius 1 is 1.50 bits per heavy atom. The fourth-order valence-electron chi connectivity index (χ4n) is 1.34. The summed E-state index contributed by atoms with van der Waals surface area (Å²) in [6.07, 6.45) is 1.57. The Hall–Kier alpha value is -1.80. The summed E-state index contributed by atoms with van der Waals surface area (Å²) in [6, 6.07) is 2.09. The number of thioether (sulfide) groups is 1. The van der Waals surface area contributed by atoms with Crippen LogP contribution in [-0.4, -0.2) is 44.4 Å². The molecule has 0 aromatic carbocycles. The highest BCUT2D eigenvalue weighted by Gasteiger charge is 2.33. The van der Waals surface area contributed by atoms with Crippen LogP contribution in [0.25, 0.3) is 0 Å². The summed E-state index contributed by atoms with van der Waals surface area (Å²) in [7, 11) is 0. The predicted molar refractivity (Wildman–Crippen MR) is 75.4 cm³/mol. The lowest BCUT2D eigenvalue weighted by atomic mass is 10.1. The van der Waals surface area contributed by atoms with Crippen LogP contribution in [0.15, 0.2) is 18.3 Å². The number of amides is 2. The SMILES string of the molecule is CC(C)(SCC(=O)NC(=O)c1ccc[nH]1)[C@H](N)C(=O)O. The molecule has 2 amide bonds. The summed E-state index contributed by atoms with van der Waals surface area (Å²) in [5, 5.41) is 11.1. The maximum atomic E-state index is 11.6. The Morgan fingerprint density at radius 2 is 2.15 bits per heavy atom. The largest absolute Gasteiger partial charge is 0.480 e. The third-order valence-corrected chi connectivity index (χ3v) is 4.09. The Kier molecular flexibility index (Phi) is 5.34. The minimum Gasteiger partial charge on any atom is -0.480 e. The smallest absolute Gasteiger partial charge is 0.321 e. The summed E-state index contributed by atoms with van der Waals surface area (Å²) in [6.45, 7) is 3.27. The second-order valence-electron chi connectivity index (χ2n) is 4.67. The number of nitrogens with two attached hydrogens (primary N) is 1. The first-order valence-corrected chi connectivity index (χ1v) is 6.82. The van der Waals surface area contributed by atoms with E-state index in [0.717, 1.165) is 11.8 Å². The van der Waals surface area contributed by atoms with Crippen LogP contribution in [0.1, 0.15) is 24.3 Å². The van der Waals surface area contributed by atoms with Gasteiger partial charge in [-0.1, -0.05) is 0 Å². The number of aliphatic carboxylic acids is 1. The number of aromatic amines is 1. The van der Waals surface area contributed by atoms with Crippen molar-refractivity contribution in [2.45, 2.75) is 24.6 Å². The molecule has 0 bridgehead atoms. The standard InChI is InChI=1S/C12H17N3O4S/c1-12(2,9(13)11(18)19)20-6-8(16)15-10(17)7-4-3-5-14-7/h3-5,9,14H,6,13H2,1-2H3,(H,18,19)(H,15,16,17)/t9-/m1/s1. The molecule has 110 valence electrons. The van der Waals surface area contributed by atoms with Gasteiger partial charge in [-0.25, -0.2) is 0 Å². The molecule has 0 aliphatic heterocycles. The lowest BCUT2D eigenvalue weighted by molar-refractivity contribution is -0.139. The van der Waals surface area contributed by atoms with Crippen molar-refractivity contribution in [2.75, 3.05) is 5.75 Å². The van der Waals surface area contributed by atoms with Gasteiger partial charge in [0.25, 0.3) is 5.91 Å². The van der Waals surface area contributed by atoms with Gasteiger partial charge in [-0.15, -0.1) is 11.8 Å². The molecule has 7 nitrogen and oxygen atoms in total. The maximum absolute atomic E-state index is 11.6. The quantitative estimate of drug-likeness (QED) is 0.594. The molecule has 0 saturated heterocycles. The van der Waals surface area contributed by atoms with Crippen molar-refractivity contribution in [3.8, 4) is 0 Å². The van der Waals surface area contributed by atoms with Crippen LogP contribution in [0, 0.1) is 0 Å². The van der Waals surface area contributed by atoms with Crippen molar-refractivity contribution < 1.29 is 19.5 Å². The van der Waals surface area contributed by atoms with E-state index in [1.807, 2.05) is 0 Å². The molecule has 1 aromatic rings. The van der Waals surface area contributed by atoms with Crippen LogP contribution in [0.3, 0.4) is 0 Å². The Bertz CT molecular complexity index is 499. The van der Waals surface area contributed by atoms with E-state index in [4.69, 9.17) is 10.8 Å². The van der Waals surface area contributed by atoms with Gasteiger partial charge >= 0.3 is 5.97 Å². The summed E-state index contributed by atoms with van der Waals surface area (Å²) < 4.78 is -0.821. The van der Waals surface area contributed by atoms with Crippen molar-refractivity contribution in [1.82, 2.24) is 10.3 Å². The molecular weight excluding hydrogens is 282 g/mol. The van der Waals surface area contributed by atoms with E-state index in [1.54, 1.807) is 32.2 Å². The topological polar surface area (TPSA) is 125 Å². The average molecular weight is 299 g/mol. The fraction of sp³-hybridized carbons (Fsp3) is 0.417. The summed E-state index contributed by atoms with van der Waals surface area (Å²) in [5.41, 5.74) is 5.82. The van der Waals surface area contributed by atoms with Crippen LogP contribution in [0.4, 0.5) is 0 Å². The van der Waals surface area contributed by atoms with Gasteiger partial charge in [0, 0.05) is 10.9 Å². The first-order chi connectivity index (χ1) is 9.24. The molecular formula is C12H17N3O4S. The van der Waals surface area contributed by atoms with E-state index < -0.39 is 28.6 Å². The predicted octanol–water partition coefficient (Wildman–Crippen LogP) is 0.195. The summed E-state index contributed by atoms with van der Waals surface area (Å²) in [5.74, 6) is -2.22. The number of carboxylic acid groups (broad SMARTS) is 1. The summed E-state index contributed by atoms with van der Waals surface area (Å²) in [4.78, 5) is 36.7. The zero-order chi connectivity index (χ0) is 15.3. The maximum Gasteiger partial charge on any atom is 0.321 e. The van der Waals surface area contributed by atoms with Gasteiger partial charge in [0.05, 0.1) is 5.75 Å². The van der Waals surface area contributed by atoms with E-state index in [9.17, 15) is 14.4 Å². The number of rotatable bonds is 6. The van der Waals surface area contributed by atoms with Crippen LogP contribution in [-0.2, 0) is 9.59 Å². The van der Waals surface area contributed by atoms with Gasteiger partial charge < -0.3 is 15.8 Å². The number of carboxylic acids is 1. The van der Waals surface area contributed by atoms with Crippen LogP contribution >= 0.6 is 11.8 Å². The highest BCUT2D eigenvalue weighted by molar-refractivity contribution is 8.01. The Balaban J connectivity index is 2.47. The molecule has 0 radical (unpaired) electrons. The molecule has 0 unspecified atom stereocenters. The lowest BCUT2D eigenvalue weighted by Crippen LogP contribution is -2.47. The van der Waals surface area contributed by atoms with Gasteiger partial charge in [-0.05, 0) is 26.0 Å². The third-order valence-electron chi connectivity index (χ3n) is 2.69. The number of imide groups is 1. The number of hydrogen-bond acceptors (Lipinski definition) is 5. The molecule has 0 aliphatic rings. The van der Waals surface area contributed by atoms with E-state index >= 15 is 0 Å². The number of carbonyl (C=O) groups excluding carboxylic acids is 2. The monoisotopic (exact) mass is 299 g/mol. The van der Waals surface area contributed by atoms with Gasteiger partial charge in [0.1, 0.15) is 11.7 Å². The molecule has 8 heteroatoms. The van der Waals surface area contributed by atoms with Gasteiger partial charge in [-0.3, -0.25) is 19.7 Å². The average Bonchev–Trinajstić information content (AvgIpc) is 2.89. The van der Waals surface area contributed by atoms with Gasteiger partial charge in [0.2, 0.25) is 5.91 Å². The number of hydrogen-bond donors (Lipinski definition) is 4. The summed E-state index contributed by atoms with van der Waals surface area (Å²) >= 11 is 1.08. The molecule has 0 aliphatic carbocycles. The number of H-pyrrole nitrogens is 1. The van der Waals surface area contributed by atoms with E-state index in [0.29, 0.717) is 0 Å². The fourth-order valence-corrected chi connectivity index (χ4v) is 2.20. The molecule has 1 rings (SSSR count). The molecule has 20 heavy (non-hydrogen) atoms. The molecule has 1 atom stereocenters. The first kappa shape index (κ1) is 16.3. The number of aromatic nitrogens is 1. The third kappa shape index (κ3) is 4.39. The van der Waals surface area contributed by atoms with E-state index in [-0.39, 0.29) is 11.4 Å². The molecule has 0 fully saturated rings. The number of carbonyl (C=O) groups is 3. The van der Waals surface area contributed by atoms with Crippen molar-refractivity contribution >= 4 is 29.5 Å². The normalized spacial score (nSPS) is 12.8. The second kappa shape index (κ2) is 6.58. The van der Waals surface area contributed by atoms with Crippen LogP contribution < -0.4 is 11.1 Å². The van der Waals surface area contributed by atoms with Crippen molar-refractivity contribution in [3.05, 3.63) is 24.0 Å². The second-order valence-corrected chi connectivity index (χ2v) is 6.30. The van der Waals surface area contributed by atoms with Crippen LogP contribution in [0.5, 0.6) is 0 Å². The van der Waals surface area contributed by atoms with Gasteiger partial charge in [0.15, 0.2) is 0 Å². The van der Waals surface area contributed by atoms with E-state index in [2.05, 4.69) is 10.3 Å². The van der Waals surface area contributed by atoms with Crippen molar-refractivity contribution in [1.29, 1.82) is 0 Å². The van der Waals surface area contributed by atoms with Crippen molar-refractivity contribution in [3.63, 3.8) is 0 Å². The van der Waals surface area contributed by atoms with Crippen LogP contribution in [0.2, 0.25) is 0 Å². The number of nitrogens with one attached hydrogen (secondary N) is 2. The molecule has 0 saturated carbocycles. The first-order valence-electron chi connectivity index (χ1n) is 5.84. The molecule has 5 N–H and O–H groups in total. The minimum absolute atomic E-state index is 0.0551. The highest BCUT2D eigenvalue weighted by atomic mass is 32.2. The Labute approximate surface area is 120 Å². The zero-order valence-electron chi connectivity index (χ0n) is 11.2. The zero-order valence-corrected chi connectivity index (χ0v) is 12.0. The lowest BCUT2D eigenvalue weighted by Gasteiger charge is -2.27. The molecule has 1 heterocycles. The molecule has 0 spiro atoms. The Morgan fingerprint density at radius 3 is 2.65 bits per heavy atom. The van der Waals surface area contributed by atoms with Gasteiger partial charge in [-0.2, -0.15) is 0 Å². The minimum atomic E-state index is -1.13. The highest BCUT2D eigenvalue weighted by Crippen LogP contribution is 2.27. The van der Waals surface area contributed by atoms with Crippen molar-refractivity contribution in [2.24, 2.45) is 5.73 Å².